The first-order valence-electron chi connectivity index (χ1n) is 22.7. The molecule has 0 fully saturated rings. The fraction of sp³-hybridized carbons (Fsp3) is 0.0476. The molecule has 3 nitrogen and oxygen atoms in total. The first-order valence-corrected chi connectivity index (χ1v) is 22.7. The van der Waals surface area contributed by atoms with Crippen molar-refractivity contribution >= 4 is 22.4 Å². The van der Waals surface area contributed by atoms with Gasteiger partial charge in [-0.15, -0.1) is 0 Å². The van der Waals surface area contributed by atoms with Crippen molar-refractivity contribution in [1.29, 1.82) is 5.41 Å². The molecule has 2 spiro atoms. The average molecular weight is 844 g/mol. The van der Waals surface area contributed by atoms with E-state index in [0.29, 0.717) is 5.84 Å². The van der Waals surface area contributed by atoms with Crippen LogP contribution in [-0.4, -0.2) is 11.7 Å². The van der Waals surface area contributed by atoms with E-state index in [0.717, 1.165) is 11.1 Å². The van der Waals surface area contributed by atoms with Crippen molar-refractivity contribution in [1.82, 2.24) is 0 Å². The van der Waals surface area contributed by atoms with Gasteiger partial charge in [0.15, 0.2) is 5.84 Å². The fourth-order valence-corrected chi connectivity index (χ4v) is 11.6. The predicted molar refractivity (Wildman–Crippen MR) is 273 cm³/mol. The van der Waals surface area contributed by atoms with Crippen LogP contribution in [0, 0.1) is 12.3 Å². The van der Waals surface area contributed by atoms with E-state index in [2.05, 4.69) is 188 Å². The smallest absolute Gasteiger partial charge is 0.154 e. The molecule has 0 atom stereocenters. The van der Waals surface area contributed by atoms with Crippen LogP contribution in [0.1, 0.15) is 61.2 Å². The van der Waals surface area contributed by atoms with Crippen molar-refractivity contribution in [2.75, 3.05) is 0 Å². The van der Waals surface area contributed by atoms with Crippen molar-refractivity contribution in [2.24, 2.45) is 10.7 Å². The summed E-state index contributed by atoms with van der Waals surface area (Å²) in [6.45, 7) is 2.29. The number of aryl methyl sites for hydroxylation is 1. The highest BCUT2D eigenvalue weighted by atomic mass is 14.9. The summed E-state index contributed by atoms with van der Waals surface area (Å²) in [5.74, 6) is 0.534. The van der Waals surface area contributed by atoms with Crippen LogP contribution in [0.5, 0.6) is 0 Å². The molecule has 3 aliphatic carbocycles. The van der Waals surface area contributed by atoms with E-state index in [1.165, 1.54) is 94.2 Å². The lowest BCUT2D eigenvalue weighted by Crippen LogP contribution is -2.43. The Kier molecular flexibility index (Phi) is 9.15. The maximum atomic E-state index is 7.84. The van der Waals surface area contributed by atoms with Crippen LogP contribution in [0.25, 0.3) is 44.2 Å². The van der Waals surface area contributed by atoms with Crippen LogP contribution in [-0.2, 0) is 10.8 Å². The third-order valence-electron chi connectivity index (χ3n) is 14.3. The second kappa shape index (κ2) is 15.4. The standard InChI is InChI=1S/C49H32.C14H13N3/c1-31-34-15-3-2-14-32(34)26-28-35(31)33-27-29-46-47(30-33)49(42-22-10-6-18-38(42)39-19-7-11-23-43(39)49)45-25-13-12-24-44(45)48(46)40-20-8-4-16-36(40)37-17-5-9-21-41(37)48;15-13(11-7-3-1-4-8-11)17-14(16)12-9-5-2-6-10-12/h2-30H,1H3;1-10H,(H3,15,16,17). The van der Waals surface area contributed by atoms with Crippen LogP contribution in [0.3, 0.4) is 0 Å². The Bertz CT molecular complexity index is 3490. The van der Waals surface area contributed by atoms with Crippen LogP contribution < -0.4 is 5.73 Å². The van der Waals surface area contributed by atoms with Gasteiger partial charge in [-0.2, -0.15) is 0 Å². The first kappa shape index (κ1) is 39.2. The summed E-state index contributed by atoms with van der Waals surface area (Å²) in [6.07, 6.45) is 0. The summed E-state index contributed by atoms with van der Waals surface area (Å²) < 4.78 is 0. The largest absolute Gasteiger partial charge is 0.383 e. The Morgan fingerprint density at radius 1 is 0.379 bits per heavy atom. The number of nitrogens with one attached hydrogen (secondary N) is 1. The molecule has 0 bridgehead atoms. The topological polar surface area (TPSA) is 62.2 Å². The second-order valence-corrected chi connectivity index (χ2v) is 17.5. The van der Waals surface area contributed by atoms with Crippen LogP contribution in [0.15, 0.2) is 242 Å². The van der Waals surface area contributed by atoms with Gasteiger partial charge >= 0.3 is 0 Å². The maximum Gasteiger partial charge on any atom is 0.154 e. The highest BCUT2D eigenvalue weighted by Gasteiger charge is 2.58. The second-order valence-electron chi connectivity index (χ2n) is 17.5. The number of hydrogen-bond acceptors (Lipinski definition) is 1. The van der Waals surface area contributed by atoms with Gasteiger partial charge in [0.25, 0.3) is 0 Å². The van der Waals surface area contributed by atoms with Gasteiger partial charge in [0.05, 0.1) is 10.8 Å². The molecule has 0 aliphatic heterocycles. The maximum absolute atomic E-state index is 7.84. The van der Waals surface area contributed by atoms with Crippen LogP contribution in [0.4, 0.5) is 0 Å². The van der Waals surface area contributed by atoms with Gasteiger partial charge in [0.2, 0.25) is 0 Å². The van der Waals surface area contributed by atoms with Crippen molar-refractivity contribution in [2.45, 2.75) is 17.8 Å². The molecule has 13 rings (SSSR count). The molecule has 0 unspecified atom stereocenters. The quantitative estimate of drug-likeness (QED) is 0.135. The van der Waals surface area contributed by atoms with Gasteiger partial charge in [-0.1, -0.05) is 231 Å². The molecule has 3 N–H and O–H groups in total. The number of benzene rings is 10. The lowest BCUT2D eigenvalue weighted by molar-refractivity contribution is 0.633. The first-order chi connectivity index (χ1) is 32.5. The number of aliphatic imine (C=N–C) groups is 1. The number of rotatable bonds is 3. The van der Waals surface area contributed by atoms with E-state index >= 15 is 0 Å². The van der Waals surface area contributed by atoms with E-state index in [-0.39, 0.29) is 5.84 Å². The third kappa shape index (κ3) is 5.63. The SMILES string of the molecule is Cc1c(-c2ccc3c(c2)C2(c4ccccc4-c4ccccc42)c2ccccc2C32c3ccccc3-c3ccccc32)ccc2ccccc12.N=C(N=C(N)c1ccccc1)c1ccccc1. The minimum atomic E-state index is -0.475. The predicted octanol–water partition coefficient (Wildman–Crippen LogP) is 14.3. The van der Waals surface area contributed by atoms with Crippen LogP contribution in [0.2, 0.25) is 0 Å². The number of nitrogens with two attached hydrogens (primary N) is 1. The molecular weight excluding hydrogens is 799 g/mol. The van der Waals surface area contributed by atoms with Gasteiger partial charge in [-0.25, -0.2) is 4.99 Å². The fourth-order valence-electron chi connectivity index (χ4n) is 11.6. The Hall–Kier alpha value is -8.40. The molecule has 3 aliphatic rings. The zero-order valence-electron chi connectivity index (χ0n) is 36.5. The summed E-state index contributed by atoms with van der Waals surface area (Å²) in [7, 11) is 0. The number of nitrogens with zero attached hydrogens (tertiary/aromatic N) is 1. The molecule has 66 heavy (non-hydrogen) atoms. The van der Waals surface area contributed by atoms with Gasteiger partial charge in [0.1, 0.15) is 5.84 Å². The lowest BCUT2D eigenvalue weighted by Gasteiger charge is -2.49. The van der Waals surface area contributed by atoms with E-state index < -0.39 is 10.8 Å². The monoisotopic (exact) mass is 843 g/mol. The molecule has 0 saturated carbocycles. The number of hydrogen-bond donors (Lipinski definition) is 2. The Morgan fingerprint density at radius 3 is 1.32 bits per heavy atom. The molecule has 0 saturated heterocycles. The minimum Gasteiger partial charge on any atom is -0.383 e. The summed E-state index contributed by atoms with van der Waals surface area (Å²) >= 11 is 0. The van der Waals surface area contributed by atoms with Gasteiger partial charge in [0, 0.05) is 11.1 Å². The summed E-state index contributed by atoms with van der Waals surface area (Å²) in [4.78, 5) is 4.10. The molecule has 10 aromatic carbocycles. The molecule has 0 amide bonds. The molecule has 0 aromatic heterocycles. The molecule has 0 heterocycles. The summed E-state index contributed by atoms with van der Waals surface area (Å²) in [5, 5.41) is 10.4. The van der Waals surface area contributed by atoms with E-state index in [1.807, 2.05) is 60.7 Å². The van der Waals surface area contributed by atoms with Crippen molar-refractivity contribution in [3.63, 3.8) is 0 Å². The molecule has 10 aromatic rings. The summed E-state index contributed by atoms with van der Waals surface area (Å²) in [5.41, 5.74) is 26.7. The third-order valence-corrected chi connectivity index (χ3v) is 14.3. The van der Waals surface area contributed by atoms with E-state index in [1.54, 1.807) is 0 Å². The normalized spacial score (nSPS) is 14.0. The minimum absolute atomic E-state index is 0.173. The van der Waals surface area contributed by atoms with Crippen molar-refractivity contribution in [3.8, 4) is 33.4 Å². The molecule has 3 heteroatoms. The molecule has 312 valence electrons. The number of amidine groups is 2. The van der Waals surface area contributed by atoms with Crippen LogP contribution >= 0.6 is 0 Å². The molecular formula is C63H45N3. The Morgan fingerprint density at radius 2 is 0.788 bits per heavy atom. The van der Waals surface area contributed by atoms with Crippen molar-refractivity contribution < 1.29 is 0 Å². The Balaban J connectivity index is 0.000000227. The van der Waals surface area contributed by atoms with Gasteiger partial charge < -0.3 is 5.73 Å². The molecule has 0 radical (unpaired) electrons. The highest BCUT2D eigenvalue weighted by Crippen LogP contribution is 2.67. The van der Waals surface area contributed by atoms with Gasteiger partial charge in [-0.05, 0) is 107 Å². The zero-order chi connectivity index (χ0) is 44.4. The van der Waals surface area contributed by atoms with Crippen molar-refractivity contribution in [3.05, 3.63) is 298 Å². The average Bonchev–Trinajstić information content (AvgIpc) is 3.85. The zero-order valence-corrected chi connectivity index (χ0v) is 36.5. The summed E-state index contributed by atoms with van der Waals surface area (Å²) in [6, 6.07) is 85.5. The lowest BCUT2D eigenvalue weighted by atomic mass is 9.52. The Labute approximate surface area is 385 Å². The highest BCUT2D eigenvalue weighted by molar-refractivity contribution is 6.09. The van der Waals surface area contributed by atoms with Gasteiger partial charge in [-0.3, -0.25) is 5.41 Å². The van der Waals surface area contributed by atoms with E-state index in [9.17, 15) is 0 Å². The number of fused-ring (bicyclic) bond motifs is 17. The van der Waals surface area contributed by atoms with E-state index in [4.69, 9.17) is 11.1 Å².